The van der Waals surface area contributed by atoms with Crippen molar-refractivity contribution in [1.82, 2.24) is 9.78 Å². The van der Waals surface area contributed by atoms with Crippen molar-refractivity contribution >= 4 is 11.9 Å². The van der Waals surface area contributed by atoms with Crippen LogP contribution >= 0.6 is 0 Å². The molecule has 7 heteroatoms. The first-order chi connectivity index (χ1) is 12.5. The molecule has 134 valence electrons. The van der Waals surface area contributed by atoms with Gasteiger partial charge in [0, 0.05) is 11.8 Å². The molecule has 0 spiro atoms. The Morgan fingerprint density at radius 2 is 2.08 bits per heavy atom. The molecule has 26 heavy (non-hydrogen) atoms. The molecule has 1 aliphatic heterocycles. The molecule has 2 heterocycles. The van der Waals surface area contributed by atoms with E-state index >= 15 is 0 Å². The zero-order valence-electron chi connectivity index (χ0n) is 14.1. The molecule has 3 fully saturated rings. The van der Waals surface area contributed by atoms with Gasteiger partial charge < -0.3 is 9.47 Å². The number of benzene rings is 1. The van der Waals surface area contributed by atoms with E-state index in [0.717, 1.165) is 12.8 Å². The number of hydrogen-bond acceptors (Lipinski definition) is 5. The van der Waals surface area contributed by atoms with Crippen LogP contribution in [0.25, 0.3) is 5.69 Å². The van der Waals surface area contributed by atoms with Crippen LogP contribution in [-0.4, -0.2) is 33.9 Å². The smallest absolute Gasteiger partial charge is 0.342 e. The fraction of sp³-hybridized carbons (Fsp3) is 0.421. The summed E-state index contributed by atoms with van der Waals surface area (Å²) in [5.41, 5.74) is 1.64. The van der Waals surface area contributed by atoms with Crippen LogP contribution in [0.1, 0.15) is 28.9 Å². The van der Waals surface area contributed by atoms with Crippen molar-refractivity contribution in [1.29, 1.82) is 0 Å². The summed E-state index contributed by atoms with van der Waals surface area (Å²) in [7, 11) is 0. The van der Waals surface area contributed by atoms with Crippen LogP contribution in [0.2, 0.25) is 0 Å². The molecule has 1 aromatic heterocycles. The van der Waals surface area contributed by atoms with E-state index in [4.69, 9.17) is 9.47 Å². The number of fused-ring (bicyclic) bond motifs is 1. The number of hydrogen-bond donors (Lipinski definition) is 0. The van der Waals surface area contributed by atoms with Crippen molar-refractivity contribution < 1.29 is 23.5 Å². The van der Waals surface area contributed by atoms with E-state index in [9.17, 15) is 14.0 Å². The molecule has 3 aliphatic rings. The Morgan fingerprint density at radius 1 is 1.31 bits per heavy atom. The van der Waals surface area contributed by atoms with Gasteiger partial charge in [-0.05, 0) is 44.0 Å². The zero-order valence-corrected chi connectivity index (χ0v) is 14.1. The van der Waals surface area contributed by atoms with E-state index in [2.05, 4.69) is 5.10 Å². The summed E-state index contributed by atoms with van der Waals surface area (Å²) in [6.45, 7) is 1.76. The highest BCUT2D eigenvalue weighted by atomic mass is 19.1. The minimum Gasteiger partial charge on any atom is -0.458 e. The lowest BCUT2D eigenvalue weighted by Crippen LogP contribution is -2.36. The van der Waals surface area contributed by atoms with E-state index in [0.29, 0.717) is 16.9 Å². The predicted molar refractivity (Wildman–Crippen MR) is 87.0 cm³/mol. The fourth-order valence-electron chi connectivity index (χ4n) is 4.70. The van der Waals surface area contributed by atoms with Gasteiger partial charge in [0.2, 0.25) is 0 Å². The molecule has 5 atom stereocenters. The van der Waals surface area contributed by atoms with Gasteiger partial charge in [-0.1, -0.05) is 0 Å². The Morgan fingerprint density at radius 3 is 2.85 bits per heavy atom. The molecule has 2 bridgehead atoms. The summed E-state index contributed by atoms with van der Waals surface area (Å²) in [5.74, 6) is -0.581. The van der Waals surface area contributed by atoms with Gasteiger partial charge >= 0.3 is 11.9 Å². The summed E-state index contributed by atoms with van der Waals surface area (Å²) < 4.78 is 25.8. The molecule has 1 saturated heterocycles. The highest BCUT2D eigenvalue weighted by Gasteiger charge is 2.63. The van der Waals surface area contributed by atoms with Gasteiger partial charge in [0.05, 0.1) is 23.5 Å². The molecule has 2 aliphatic carbocycles. The van der Waals surface area contributed by atoms with E-state index < -0.39 is 5.97 Å². The number of halogens is 1. The first kappa shape index (κ1) is 15.5. The van der Waals surface area contributed by atoms with E-state index in [1.165, 1.54) is 18.3 Å². The van der Waals surface area contributed by atoms with Crippen molar-refractivity contribution in [3.8, 4) is 5.69 Å². The molecule has 0 radical (unpaired) electrons. The fourth-order valence-corrected chi connectivity index (χ4v) is 4.70. The molecular weight excluding hydrogens is 339 g/mol. The lowest BCUT2D eigenvalue weighted by molar-refractivity contribution is -0.146. The van der Waals surface area contributed by atoms with Crippen LogP contribution in [0.15, 0.2) is 30.5 Å². The normalized spacial score (nSPS) is 31.3. The molecule has 2 saturated carbocycles. The minimum absolute atomic E-state index is 0.0112. The standard InChI is InChI=1S/C19H17FN2O4/c1-9-15(8-21-22(9)12-4-2-11(20)3-5-12)19(24)25-16-10-6-13-14(7-10)18(23)26-17(13)16/h2-5,8,10,13-14,16-17H,6-7H2,1H3/t10-,13+,14+,16-,17+/m1/s1. The summed E-state index contributed by atoms with van der Waals surface area (Å²) in [4.78, 5) is 24.5. The largest absolute Gasteiger partial charge is 0.458 e. The lowest BCUT2D eigenvalue weighted by Gasteiger charge is -2.25. The molecule has 2 aromatic rings. The molecule has 1 aromatic carbocycles. The van der Waals surface area contributed by atoms with Gasteiger partial charge in [0.15, 0.2) is 0 Å². The Bertz CT molecular complexity index is 907. The van der Waals surface area contributed by atoms with Crippen LogP contribution in [0, 0.1) is 30.5 Å². The van der Waals surface area contributed by atoms with Crippen molar-refractivity contribution in [2.75, 3.05) is 0 Å². The van der Waals surface area contributed by atoms with E-state index in [-0.39, 0.29) is 41.7 Å². The van der Waals surface area contributed by atoms with Gasteiger partial charge in [0.25, 0.3) is 0 Å². The number of nitrogens with zero attached hydrogens (tertiary/aromatic N) is 2. The number of aromatic nitrogens is 2. The minimum atomic E-state index is -0.465. The Labute approximate surface area is 148 Å². The molecule has 0 unspecified atom stereocenters. The van der Waals surface area contributed by atoms with Crippen LogP contribution in [0.3, 0.4) is 0 Å². The number of esters is 2. The first-order valence-electron chi connectivity index (χ1n) is 8.75. The van der Waals surface area contributed by atoms with E-state index in [1.807, 2.05) is 0 Å². The predicted octanol–water partition coefficient (Wildman–Crippen LogP) is 2.43. The van der Waals surface area contributed by atoms with Gasteiger partial charge in [-0.3, -0.25) is 4.79 Å². The maximum Gasteiger partial charge on any atom is 0.342 e. The quantitative estimate of drug-likeness (QED) is 0.790. The third-order valence-corrected chi connectivity index (χ3v) is 5.96. The average molecular weight is 356 g/mol. The van der Waals surface area contributed by atoms with Gasteiger partial charge in [-0.25, -0.2) is 13.9 Å². The number of carbonyl (C=O) groups excluding carboxylic acids is 2. The van der Waals surface area contributed by atoms with Crippen molar-refractivity contribution in [3.63, 3.8) is 0 Å². The second kappa shape index (κ2) is 5.40. The topological polar surface area (TPSA) is 70.4 Å². The second-order valence-electron chi connectivity index (χ2n) is 7.31. The van der Waals surface area contributed by atoms with Gasteiger partial charge in [-0.2, -0.15) is 5.10 Å². The summed E-state index contributed by atoms with van der Waals surface area (Å²) in [5, 5.41) is 4.23. The van der Waals surface area contributed by atoms with Gasteiger partial charge in [0.1, 0.15) is 23.6 Å². The highest BCUT2D eigenvalue weighted by molar-refractivity contribution is 5.90. The monoisotopic (exact) mass is 356 g/mol. The molecule has 0 amide bonds. The Balaban J connectivity index is 1.37. The summed E-state index contributed by atoms with van der Waals surface area (Å²) in [6, 6.07) is 5.88. The van der Waals surface area contributed by atoms with E-state index in [1.54, 1.807) is 23.7 Å². The van der Waals surface area contributed by atoms with Crippen molar-refractivity contribution in [2.24, 2.45) is 17.8 Å². The van der Waals surface area contributed by atoms with Crippen molar-refractivity contribution in [3.05, 3.63) is 47.5 Å². The second-order valence-corrected chi connectivity index (χ2v) is 7.31. The molecule has 0 N–H and O–H groups in total. The molecular formula is C19H17FN2O4. The summed E-state index contributed by atoms with van der Waals surface area (Å²) >= 11 is 0. The molecule has 5 rings (SSSR count). The maximum absolute atomic E-state index is 13.1. The number of rotatable bonds is 3. The van der Waals surface area contributed by atoms with Crippen molar-refractivity contribution in [2.45, 2.75) is 32.0 Å². The number of ether oxygens (including phenoxy) is 2. The zero-order chi connectivity index (χ0) is 18.0. The SMILES string of the molecule is Cc1c(C(=O)O[C@@H]2[C@@H]3C[C@@H]4[C@@H]2OC(=O)[C@H]4C3)cnn1-c1ccc(F)cc1. The van der Waals surface area contributed by atoms with Crippen LogP contribution in [0.5, 0.6) is 0 Å². The Hall–Kier alpha value is -2.70. The first-order valence-corrected chi connectivity index (χ1v) is 8.75. The van der Waals surface area contributed by atoms with Gasteiger partial charge in [-0.15, -0.1) is 0 Å². The number of carbonyl (C=O) groups is 2. The maximum atomic E-state index is 13.1. The highest BCUT2D eigenvalue weighted by Crippen LogP contribution is 2.55. The summed E-state index contributed by atoms with van der Waals surface area (Å²) in [6.07, 6.45) is 2.41. The van der Waals surface area contributed by atoms with Crippen LogP contribution < -0.4 is 0 Å². The Kier molecular flexibility index (Phi) is 3.23. The lowest BCUT2D eigenvalue weighted by atomic mass is 9.88. The average Bonchev–Trinajstić information content (AvgIpc) is 3.33. The van der Waals surface area contributed by atoms with Crippen LogP contribution in [-0.2, 0) is 14.3 Å². The third-order valence-electron chi connectivity index (χ3n) is 5.96. The third kappa shape index (κ3) is 2.12. The van der Waals surface area contributed by atoms with Crippen LogP contribution in [0.4, 0.5) is 4.39 Å². The molecule has 6 nitrogen and oxygen atoms in total.